The summed E-state index contributed by atoms with van der Waals surface area (Å²) in [7, 11) is 0. The van der Waals surface area contributed by atoms with Crippen LogP contribution < -0.4 is 4.90 Å². The van der Waals surface area contributed by atoms with Crippen molar-refractivity contribution >= 4 is 56.3 Å². The first-order valence-corrected chi connectivity index (χ1v) is 20.8. The molecule has 0 spiro atoms. The lowest BCUT2D eigenvalue weighted by atomic mass is 9.86. The van der Waals surface area contributed by atoms with Crippen molar-refractivity contribution in [2.24, 2.45) is 0 Å². The van der Waals surface area contributed by atoms with Crippen LogP contribution in [0.2, 0.25) is 10.0 Å². The van der Waals surface area contributed by atoms with E-state index in [4.69, 9.17) is 33.2 Å². The molecule has 0 saturated carbocycles. The first-order valence-electron chi connectivity index (χ1n) is 20.0. The summed E-state index contributed by atoms with van der Waals surface area (Å²) in [6.45, 7) is 0. The van der Waals surface area contributed by atoms with E-state index >= 15 is 0 Å². The van der Waals surface area contributed by atoms with Crippen molar-refractivity contribution in [1.29, 1.82) is 0 Å². The predicted octanol–water partition coefficient (Wildman–Crippen LogP) is 14.0. The monoisotopic (exact) mass is 788 g/mol. The highest BCUT2D eigenvalue weighted by molar-refractivity contribution is 6.31. The van der Waals surface area contributed by atoms with Gasteiger partial charge in [-0.25, -0.2) is 9.97 Å². The van der Waals surface area contributed by atoms with Gasteiger partial charge in [-0.05, 0) is 103 Å². The first-order chi connectivity index (χ1) is 28.6. The fourth-order valence-corrected chi connectivity index (χ4v) is 9.59. The molecule has 4 nitrogen and oxygen atoms in total. The Morgan fingerprint density at radius 1 is 0.603 bits per heavy atom. The molecule has 3 aliphatic rings. The summed E-state index contributed by atoms with van der Waals surface area (Å²) in [5.74, 6) is 1.35. The molecule has 0 amide bonds. The van der Waals surface area contributed by atoms with Gasteiger partial charge >= 0.3 is 0 Å². The van der Waals surface area contributed by atoms with Crippen molar-refractivity contribution in [2.75, 3.05) is 4.90 Å². The van der Waals surface area contributed by atoms with Crippen LogP contribution in [0.3, 0.4) is 0 Å². The third kappa shape index (κ3) is 6.07. The number of anilines is 1. The number of allylic oxidation sites excluding steroid dienone is 4. The first kappa shape index (κ1) is 35.0. The summed E-state index contributed by atoms with van der Waals surface area (Å²) in [6, 6.07) is 53.4. The maximum absolute atomic E-state index is 6.27. The van der Waals surface area contributed by atoms with Crippen molar-refractivity contribution in [1.82, 2.24) is 14.5 Å². The molecule has 1 aliphatic heterocycles. The SMILES string of the molecule is Clc1ccc(-c2cc(-c3ccc(Cl)cc3)nc(C3CC=C(N4c5ccccc5C5C=CC(c6ccc7c(c6)c6ccccc6n7-c6ccccc6)=CC54)CC3)n2)cc1. The third-order valence-electron chi connectivity index (χ3n) is 12.2. The number of hydrogen-bond acceptors (Lipinski definition) is 3. The molecule has 8 aromatic rings. The molecule has 280 valence electrons. The Kier molecular flexibility index (Phi) is 8.64. The molecule has 0 N–H and O–H groups in total. The molecule has 3 unspecified atom stereocenters. The Balaban J connectivity index is 0.940. The van der Waals surface area contributed by atoms with E-state index in [1.54, 1.807) is 0 Å². The van der Waals surface area contributed by atoms with Gasteiger partial charge in [-0.1, -0.05) is 132 Å². The van der Waals surface area contributed by atoms with E-state index in [1.807, 2.05) is 48.5 Å². The molecule has 0 saturated heterocycles. The number of benzene rings is 6. The lowest BCUT2D eigenvalue weighted by molar-refractivity contribution is 0.551. The van der Waals surface area contributed by atoms with Crippen LogP contribution in [0.1, 0.15) is 48.0 Å². The van der Waals surface area contributed by atoms with Gasteiger partial charge in [-0.15, -0.1) is 0 Å². The zero-order valence-electron chi connectivity index (χ0n) is 31.6. The summed E-state index contributed by atoms with van der Waals surface area (Å²) in [5.41, 5.74) is 14.0. The van der Waals surface area contributed by atoms with Crippen LogP contribution in [-0.4, -0.2) is 20.6 Å². The second-order valence-electron chi connectivity index (χ2n) is 15.5. The number of aromatic nitrogens is 3. The summed E-state index contributed by atoms with van der Waals surface area (Å²) >= 11 is 12.5. The molecule has 0 radical (unpaired) electrons. The number of fused-ring (bicyclic) bond motifs is 6. The number of rotatable bonds is 6. The highest BCUT2D eigenvalue weighted by Crippen LogP contribution is 2.49. The molecule has 2 aromatic heterocycles. The van der Waals surface area contributed by atoms with Gasteiger partial charge in [-0.3, -0.25) is 0 Å². The number of hydrogen-bond donors (Lipinski definition) is 0. The topological polar surface area (TPSA) is 34.0 Å². The van der Waals surface area contributed by atoms with Gasteiger partial charge in [0.25, 0.3) is 0 Å². The van der Waals surface area contributed by atoms with Crippen LogP contribution in [0.25, 0.3) is 55.6 Å². The molecule has 0 fully saturated rings. The van der Waals surface area contributed by atoms with Gasteiger partial charge < -0.3 is 9.47 Å². The molecule has 58 heavy (non-hydrogen) atoms. The highest BCUT2D eigenvalue weighted by Gasteiger charge is 2.40. The van der Waals surface area contributed by atoms with Gasteiger partial charge in [-0.2, -0.15) is 0 Å². The zero-order valence-corrected chi connectivity index (χ0v) is 33.2. The van der Waals surface area contributed by atoms with Crippen molar-refractivity contribution < 1.29 is 0 Å². The van der Waals surface area contributed by atoms with E-state index in [-0.39, 0.29) is 17.9 Å². The Morgan fingerprint density at radius 2 is 1.26 bits per heavy atom. The van der Waals surface area contributed by atoms with E-state index in [0.717, 1.165) is 47.6 Å². The molecular formula is C52H38Cl2N4. The van der Waals surface area contributed by atoms with E-state index in [9.17, 15) is 0 Å². The minimum Gasteiger partial charge on any atom is -0.337 e. The fourth-order valence-electron chi connectivity index (χ4n) is 9.34. The summed E-state index contributed by atoms with van der Waals surface area (Å²) in [6.07, 6.45) is 12.5. The Hall–Kier alpha value is -6.20. The van der Waals surface area contributed by atoms with Crippen molar-refractivity contribution in [3.8, 4) is 28.2 Å². The lowest BCUT2D eigenvalue weighted by Gasteiger charge is -2.34. The minimum absolute atomic E-state index is 0.183. The minimum atomic E-state index is 0.183. The Labute approximate surface area is 348 Å². The second kappa shape index (κ2) is 14.3. The largest absolute Gasteiger partial charge is 0.337 e. The maximum atomic E-state index is 6.27. The lowest BCUT2D eigenvalue weighted by Crippen LogP contribution is -2.33. The van der Waals surface area contributed by atoms with E-state index in [0.29, 0.717) is 10.0 Å². The van der Waals surface area contributed by atoms with Crippen LogP contribution in [0.5, 0.6) is 0 Å². The van der Waals surface area contributed by atoms with Crippen molar-refractivity contribution in [2.45, 2.75) is 37.1 Å². The quantitative estimate of drug-likeness (QED) is 0.168. The van der Waals surface area contributed by atoms with Gasteiger partial charge in [0.2, 0.25) is 0 Å². The maximum Gasteiger partial charge on any atom is 0.133 e. The van der Waals surface area contributed by atoms with Crippen LogP contribution >= 0.6 is 23.2 Å². The van der Waals surface area contributed by atoms with Gasteiger partial charge in [0.1, 0.15) is 5.82 Å². The molecule has 3 heterocycles. The second-order valence-corrected chi connectivity index (χ2v) is 16.4. The van der Waals surface area contributed by atoms with E-state index in [2.05, 4.69) is 137 Å². The molecule has 2 aliphatic carbocycles. The molecule has 3 atom stereocenters. The van der Waals surface area contributed by atoms with Crippen LogP contribution in [-0.2, 0) is 0 Å². The average Bonchev–Trinajstić information content (AvgIpc) is 3.79. The molecule has 11 rings (SSSR count). The van der Waals surface area contributed by atoms with E-state index < -0.39 is 0 Å². The van der Waals surface area contributed by atoms with Crippen LogP contribution in [0.4, 0.5) is 5.69 Å². The smallest absolute Gasteiger partial charge is 0.133 e. The average molecular weight is 790 g/mol. The Bertz CT molecular complexity index is 2900. The van der Waals surface area contributed by atoms with E-state index in [1.165, 1.54) is 55.6 Å². The Morgan fingerprint density at radius 3 is 1.98 bits per heavy atom. The summed E-state index contributed by atoms with van der Waals surface area (Å²) < 4.78 is 2.38. The van der Waals surface area contributed by atoms with Gasteiger partial charge in [0.15, 0.2) is 0 Å². The summed E-state index contributed by atoms with van der Waals surface area (Å²) in [4.78, 5) is 13.0. The predicted molar refractivity (Wildman–Crippen MR) is 241 cm³/mol. The molecule has 6 heteroatoms. The van der Waals surface area contributed by atoms with Gasteiger partial charge in [0.05, 0.1) is 28.5 Å². The summed E-state index contributed by atoms with van der Waals surface area (Å²) in [5, 5.41) is 3.94. The fraction of sp³-hybridized carbons (Fsp3) is 0.115. The standard InChI is InChI=1S/C52H38Cl2N4/c53-38-22-14-33(15-23-38)46-32-47(34-16-24-39(54)25-17-34)56-52(55-46)35-18-26-41(27-19-35)58-48-12-6-4-10-42(48)44-28-20-37(31-51(44)58)36-21-29-50-45(30-36)43-11-5-7-13-49(43)57(50)40-8-2-1-3-9-40/h1-17,20-26,28-32,35,44,51H,18-19,27H2. The van der Waals surface area contributed by atoms with Gasteiger partial charge in [0, 0.05) is 60.9 Å². The number of halogens is 2. The van der Waals surface area contributed by atoms with Crippen molar-refractivity contribution in [3.63, 3.8) is 0 Å². The highest BCUT2D eigenvalue weighted by atomic mass is 35.5. The third-order valence-corrected chi connectivity index (χ3v) is 12.7. The molecule has 0 bridgehead atoms. The molecule has 6 aromatic carbocycles. The zero-order chi connectivity index (χ0) is 38.7. The normalized spacial score (nSPS) is 18.6. The van der Waals surface area contributed by atoms with Crippen LogP contribution in [0.15, 0.2) is 182 Å². The van der Waals surface area contributed by atoms with Crippen molar-refractivity contribution in [3.05, 3.63) is 209 Å². The van der Waals surface area contributed by atoms with Crippen LogP contribution in [0, 0.1) is 0 Å². The number of nitrogens with zero attached hydrogens (tertiary/aromatic N) is 4. The molecular weight excluding hydrogens is 752 g/mol. The number of para-hydroxylation sites is 3.